The van der Waals surface area contributed by atoms with Gasteiger partial charge in [-0.25, -0.2) is 13.2 Å². The molecule has 0 amide bonds. The van der Waals surface area contributed by atoms with Crippen LogP contribution in [0.3, 0.4) is 0 Å². The molecule has 1 atom stereocenters. The van der Waals surface area contributed by atoms with E-state index in [4.69, 9.17) is 0 Å². The molecule has 0 spiro atoms. The van der Waals surface area contributed by atoms with E-state index in [9.17, 15) is 18.3 Å². The quantitative estimate of drug-likeness (QED) is 0.817. The number of phenols is 1. The predicted octanol–water partition coefficient (Wildman–Crippen LogP) is 3.91. The lowest BCUT2D eigenvalue weighted by Crippen LogP contribution is -2.09. The number of benzene rings is 2. The van der Waals surface area contributed by atoms with Crippen molar-refractivity contribution in [1.82, 2.24) is 0 Å². The number of aromatic hydroxyl groups is 1. The van der Waals surface area contributed by atoms with E-state index in [1.165, 1.54) is 0 Å². The highest BCUT2D eigenvalue weighted by Gasteiger charge is 2.24. The van der Waals surface area contributed by atoms with Crippen LogP contribution in [0.2, 0.25) is 0 Å². The highest BCUT2D eigenvalue weighted by Crippen LogP contribution is 2.36. The average Bonchev–Trinajstić information content (AvgIpc) is 2.77. The molecule has 3 rings (SSSR count). The zero-order valence-corrected chi connectivity index (χ0v) is 10.5. The molecule has 5 heteroatoms. The van der Waals surface area contributed by atoms with E-state index in [-0.39, 0.29) is 17.5 Å². The number of anilines is 1. The summed E-state index contributed by atoms with van der Waals surface area (Å²) in [5, 5.41) is 12.2. The molecule has 0 bridgehead atoms. The summed E-state index contributed by atoms with van der Waals surface area (Å²) >= 11 is 0. The number of aryl methyl sites for hydroxylation is 1. The molecule has 0 saturated carbocycles. The smallest absolute Gasteiger partial charge is 0.182 e. The fraction of sp³-hybridized carbons (Fsp3) is 0.200. The van der Waals surface area contributed by atoms with Gasteiger partial charge in [0.05, 0.1) is 11.7 Å². The first kappa shape index (κ1) is 12.8. The third-order valence-corrected chi connectivity index (χ3v) is 3.53. The van der Waals surface area contributed by atoms with Gasteiger partial charge in [0, 0.05) is 12.1 Å². The first-order valence-electron chi connectivity index (χ1n) is 6.27. The molecule has 2 N–H and O–H groups in total. The van der Waals surface area contributed by atoms with Gasteiger partial charge in [0.1, 0.15) is 11.6 Å². The number of nitrogens with one attached hydrogen (secondary N) is 1. The van der Waals surface area contributed by atoms with Gasteiger partial charge in [-0.2, -0.15) is 0 Å². The zero-order valence-electron chi connectivity index (χ0n) is 10.5. The Kier molecular flexibility index (Phi) is 3.04. The SMILES string of the molecule is Oc1ccc2c(c1)CCC2Nc1cc(F)cc(F)c1F. The van der Waals surface area contributed by atoms with Crippen LogP contribution in [-0.2, 0) is 6.42 Å². The van der Waals surface area contributed by atoms with E-state index in [1.54, 1.807) is 18.2 Å². The lowest BCUT2D eigenvalue weighted by Gasteiger charge is -2.16. The van der Waals surface area contributed by atoms with Gasteiger partial charge in [-0.1, -0.05) is 6.07 Å². The molecule has 0 aromatic heterocycles. The molecular weight excluding hydrogens is 267 g/mol. The van der Waals surface area contributed by atoms with Crippen molar-refractivity contribution in [1.29, 1.82) is 0 Å². The molecule has 0 fully saturated rings. The summed E-state index contributed by atoms with van der Waals surface area (Å²) in [6.07, 6.45) is 1.40. The van der Waals surface area contributed by atoms with Crippen molar-refractivity contribution in [3.63, 3.8) is 0 Å². The van der Waals surface area contributed by atoms with Crippen LogP contribution in [0.25, 0.3) is 0 Å². The average molecular weight is 279 g/mol. The molecule has 2 nitrogen and oxygen atoms in total. The third-order valence-electron chi connectivity index (χ3n) is 3.53. The molecule has 0 saturated heterocycles. The van der Waals surface area contributed by atoms with Gasteiger partial charge in [-0.15, -0.1) is 0 Å². The fourth-order valence-electron chi connectivity index (χ4n) is 2.60. The summed E-state index contributed by atoms with van der Waals surface area (Å²) in [4.78, 5) is 0. The summed E-state index contributed by atoms with van der Waals surface area (Å²) in [6, 6.07) is 6.17. The second-order valence-corrected chi connectivity index (χ2v) is 4.87. The maximum Gasteiger partial charge on any atom is 0.182 e. The number of hydrogen-bond donors (Lipinski definition) is 2. The molecule has 2 aromatic rings. The van der Waals surface area contributed by atoms with Crippen molar-refractivity contribution in [2.45, 2.75) is 18.9 Å². The first-order valence-corrected chi connectivity index (χ1v) is 6.27. The Labute approximate surface area is 113 Å². The van der Waals surface area contributed by atoms with Gasteiger partial charge >= 0.3 is 0 Å². The Bertz CT molecular complexity index is 672. The highest BCUT2D eigenvalue weighted by molar-refractivity contribution is 5.50. The van der Waals surface area contributed by atoms with E-state index in [1.807, 2.05) is 0 Å². The number of phenolic OH excluding ortho intramolecular Hbond substituents is 1. The van der Waals surface area contributed by atoms with Crippen molar-refractivity contribution >= 4 is 5.69 Å². The van der Waals surface area contributed by atoms with Crippen LogP contribution < -0.4 is 5.32 Å². The Balaban J connectivity index is 1.91. The molecule has 1 unspecified atom stereocenters. The third kappa shape index (κ3) is 2.19. The standard InChI is InChI=1S/C15H12F3NO/c16-9-6-12(17)15(18)14(7-9)19-13-4-1-8-5-10(20)2-3-11(8)13/h2-3,5-7,13,19-20H,1,4H2. The summed E-state index contributed by atoms with van der Waals surface area (Å²) in [6.45, 7) is 0. The summed E-state index contributed by atoms with van der Waals surface area (Å²) in [7, 11) is 0. The van der Waals surface area contributed by atoms with Gasteiger partial charge in [-0.05, 0) is 36.1 Å². The normalized spacial score (nSPS) is 17.1. The predicted molar refractivity (Wildman–Crippen MR) is 69.1 cm³/mol. The topological polar surface area (TPSA) is 32.3 Å². The maximum absolute atomic E-state index is 13.6. The minimum atomic E-state index is -1.21. The fourth-order valence-corrected chi connectivity index (χ4v) is 2.60. The first-order chi connectivity index (χ1) is 9.54. The number of halogens is 3. The van der Waals surface area contributed by atoms with Crippen LogP contribution in [0.5, 0.6) is 5.75 Å². The van der Waals surface area contributed by atoms with E-state index in [0.717, 1.165) is 23.6 Å². The van der Waals surface area contributed by atoms with Crippen LogP contribution >= 0.6 is 0 Å². The van der Waals surface area contributed by atoms with Gasteiger partial charge in [0.15, 0.2) is 11.6 Å². The molecule has 1 aliphatic carbocycles. The second-order valence-electron chi connectivity index (χ2n) is 4.87. The zero-order chi connectivity index (χ0) is 14.3. The Morgan fingerprint density at radius 1 is 1.10 bits per heavy atom. The maximum atomic E-state index is 13.6. The van der Waals surface area contributed by atoms with Crippen molar-refractivity contribution in [2.75, 3.05) is 5.32 Å². The molecule has 0 heterocycles. The summed E-state index contributed by atoms with van der Waals surface area (Å²) < 4.78 is 40.0. The van der Waals surface area contributed by atoms with Crippen LogP contribution in [0.15, 0.2) is 30.3 Å². The van der Waals surface area contributed by atoms with Crippen molar-refractivity contribution < 1.29 is 18.3 Å². The van der Waals surface area contributed by atoms with Crippen LogP contribution in [0.1, 0.15) is 23.6 Å². The largest absolute Gasteiger partial charge is 0.508 e. The van der Waals surface area contributed by atoms with Gasteiger partial charge in [-0.3, -0.25) is 0 Å². The second kappa shape index (κ2) is 4.74. The highest BCUT2D eigenvalue weighted by atomic mass is 19.2. The number of rotatable bonds is 2. The van der Waals surface area contributed by atoms with Crippen molar-refractivity contribution in [3.05, 3.63) is 58.9 Å². The molecule has 104 valence electrons. The van der Waals surface area contributed by atoms with Crippen molar-refractivity contribution in [2.24, 2.45) is 0 Å². The molecule has 1 aliphatic rings. The number of hydrogen-bond acceptors (Lipinski definition) is 2. The number of fused-ring (bicyclic) bond motifs is 1. The van der Waals surface area contributed by atoms with Crippen molar-refractivity contribution in [3.8, 4) is 5.75 Å². The van der Waals surface area contributed by atoms with Gasteiger partial charge in [0.2, 0.25) is 0 Å². The van der Waals surface area contributed by atoms with Crippen LogP contribution in [0.4, 0.5) is 18.9 Å². The van der Waals surface area contributed by atoms with Gasteiger partial charge in [0.25, 0.3) is 0 Å². The van der Waals surface area contributed by atoms with Gasteiger partial charge < -0.3 is 10.4 Å². The lowest BCUT2D eigenvalue weighted by atomic mass is 10.1. The minimum absolute atomic E-state index is 0.174. The molecule has 2 aromatic carbocycles. The molecule has 20 heavy (non-hydrogen) atoms. The van der Waals surface area contributed by atoms with E-state index >= 15 is 0 Å². The van der Waals surface area contributed by atoms with E-state index in [2.05, 4.69) is 5.32 Å². The van der Waals surface area contributed by atoms with Crippen LogP contribution in [-0.4, -0.2) is 5.11 Å². The Morgan fingerprint density at radius 2 is 1.90 bits per heavy atom. The lowest BCUT2D eigenvalue weighted by molar-refractivity contribution is 0.474. The Hall–Kier alpha value is -2.17. The molecular formula is C15H12F3NO. The van der Waals surface area contributed by atoms with E-state index in [0.29, 0.717) is 12.5 Å². The minimum Gasteiger partial charge on any atom is -0.508 e. The monoisotopic (exact) mass is 279 g/mol. The Morgan fingerprint density at radius 3 is 2.70 bits per heavy atom. The van der Waals surface area contributed by atoms with Crippen LogP contribution in [0, 0.1) is 17.5 Å². The molecule has 0 aliphatic heterocycles. The molecule has 0 radical (unpaired) electrons. The summed E-state index contributed by atoms with van der Waals surface area (Å²) in [5.74, 6) is -2.95. The summed E-state index contributed by atoms with van der Waals surface area (Å²) in [5.41, 5.74) is 1.68. The van der Waals surface area contributed by atoms with E-state index < -0.39 is 17.5 Å².